The molecule has 0 aliphatic heterocycles. The van der Waals surface area contributed by atoms with Crippen LogP contribution in [0.2, 0.25) is 0 Å². The summed E-state index contributed by atoms with van der Waals surface area (Å²) in [6.07, 6.45) is -1.27. The molecule has 5 heteroatoms. The molecule has 2 nitrogen and oxygen atoms in total. The number of nitrogens with zero attached hydrogens (tertiary/aromatic N) is 1. The molecule has 1 unspecified atom stereocenters. The average Bonchev–Trinajstić information content (AvgIpc) is 2.17. The normalized spacial score (nSPS) is 13.6. The highest BCUT2D eigenvalue weighted by atomic mass is 19.4. The Morgan fingerprint density at radius 1 is 1.44 bits per heavy atom. The maximum atomic E-state index is 12.6. The Bertz CT molecular complexity index is 336. The molecule has 1 aromatic rings. The highest BCUT2D eigenvalue weighted by Gasteiger charge is 2.34. The minimum absolute atomic E-state index is 0.0130. The van der Waals surface area contributed by atoms with E-state index in [0.29, 0.717) is 0 Å². The van der Waals surface area contributed by atoms with Crippen molar-refractivity contribution in [1.82, 2.24) is 4.98 Å². The number of hydrogen-bond donors (Lipinski definition) is 1. The summed E-state index contributed by atoms with van der Waals surface area (Å²) in [5.74, 6) is -0.0871. The van der Waals surface area contributed by atoms with Gasteiger partial charge in [0.15, 0.2) is 0 Å². The van der Waals surface area contributed by atoms with E-state index in [1.807, 2.05) is 13.8 Å². The summed E-state index contributed by atoms with van der Waals surface area (Å²) in [6, 6.07) is 2.31. The first-order valence-electron chi connectivity index (χ1n) is 5.24. The maximum Gasteiger partial charge on any atom is 0.419 e. The predicted octanol–water partition coefficient (Wildman–Crippen LogP) is 3.70. The van der Waals surface area contributed by atoms with E-state index in [4.69, 9.17) is 0 Å². The number of anilines is 1. The standard InChI is InChI=1S/C11H15F3N2/c1-3-5-8(2)16-10-9(11(12,13)14)6-4-7-15-10/h4,6-8H,3,5H2,1-2H3,(H,15,16). The first-order chi connectivity index (χ1) is 7.45. The van der Waals surface area contributed by atoms with Gasteiger partial charge in [0, 0.05) is 12.2 Å². The predicted molar refractivity (Wildman–Crippen MR) is 57.2 cm³/mol. The zero-order chi connectivity index (χ0) is 12.2. The second-order valence-electron chi connectivity index (χ2n) is 3.73. The minimum atomic E-state index is -4.36. The quantitative estimate of drug-likeness (QED) is 0.856. The number of pyridine rings is 1. The Kier molecular flexibility index (Phi) is 4.15. The van der Waals surface area contributed by atoms with Gasteiger partial charge < -0.3 is 5.32 Å². The molecule has 1 aromatic heterocycles. The van der Waals surface area contributed by atoms with Crippen LogP contribution in [-0.2, 0) is 6.18 Å². The van der Waals surface area contributed by atoms with Crippen molar-refractivity contribution in [2.24, 2.45) is 0 Å². The van der Waals surface area contributed by atoms with Crippen LogP contribution in [0.3, 0.4) is 0 Å². The van der Waals surface area contributed by atoms with Crippen molar-refractivity contribution >= 4 is 5.82 Å². The summed E-state index contributed by atoms with van der Waals surface area (Å²) in [7, 11) is 0. The number of rotatable bonds is 4. The van der Waals surface area contributed by atoms with E-state index in [-0.39, 0.29) is 11.9 Å². The lowest BCUT2D eigenvalue weighted by molar-refractivity contribution is -0.137. The van der Waals surface area contributed by atoms with E-state index in [1.165, 1.54) is 12.3 Å². The molecule has 0 aliphatic rings. The van der Waals surface area contributed by atoms with E-state index in [2.05, 4.69) is 10.3 Å². The van der Waals surface area contributed by atoms with Crippen LogP contribution in [-0.4, -0.2) is 11.0 Å². The molecule has 1 rings (SSSR count). The summed E-state index contributed by atoms with van der Waals surface area (Å²) in [6.45, 7) is 3.83. The number of alkyl halides is 3. The molecule has 1 N–H and O–H groups in total. The van der Waals surface area contributed by atoms with Crippen LogP contribution in [0.5, 0.6) is 0 Å². The van der Waals surface area contributed by atoms with Crippen molar-refractivity contribution in [2.45, 2.75) is 38.9 Å². The van der Waals surface area contributed by atoms with Crippen molar-refractivity contribution in [1.29, 1.82) is 0 Å². The molecule has 0 saturated carbocycles. The molecule has 0 saturated heterocycles. The summed E-state index contributed by atoms with van der Waals surface area (Å²) < 4.78 is 37.8. The summed E-state index contributed by atoms with van der Waals surface area (Å²) in [5, 5.41) is 2.79. The largest absolute Gasteiger partial charge is 0.419 e. The fourth-order valence-electron chi connectivity index (χ4n) is 1.49. The van der Waals surface area contributed by atoms with Crippen molar-refractivity contribution in [3.63, 3.8) is 0 Å². The van der Waals surface area contributed by atoms with Crippen molar-refractivity contribution in [3.05, 3.63) is 23.9 Å². The lowest BCUT2D eigenvalue weighted by atomic mass is 10.2. The molecule has 0 bridgehead atoms. The Morgan fingerprint density at radius 2 is 2.12 bits per heavy atom. The number of halogens is 3. The van der Waals surface area contributed by atoms with Gasteiger partial charge in [-0.15, -0.1) is 0 Å². The molecular formula is C11H15F3N2. The third kappa shape index (κ3) is 3.40. The topological polar surface area (TPSA) is 24.9 Å². The van der Waals surface area contributed by atoms with Crippen molar-refractivity contribution in [2.75, 3.05) is 5.32 Å². The number of hydrogen-bond acceptors (Lipinski definition) is 2. The van der Waals surface area contributed by atoms with E-state index in [1.54, 1.807) is 0 Å². The van der Waals surface area contributed by atoms with Gasteiger partial charge in [0.25, 0.3) is 0 Å². The maximum absolute atomic E-state index is 12.6. The zero-order valence-electron chi connectivity index (χ0n) is 9.30. The van der Waals surface area contributed by atoms with Gasteiger partial charge in [0.1, 0.15) is 5.82 Å². The third-order valence-corrected chi connectivity index (χ3v) is 2.22. The Morgan fingerprint density at radius 3 is 2.69 bits per heavy atom. The summed E-state index contributed by atoms with van der Waals surface area (Å²) in [5.41, 5.74) is -0.710. The van der Waals surface area contributed by atoms with E-state index >= 15 is 0 Å². The van der Waals surface area contributed by atoms with Crippen LogP contribution in [0.1, 0.15) is 32.3 Å². The first-order valence-corrected chi connectivity index (χ1v) is 5.24. The Balaban J connectivity index is 2.87. The van der Waals surface area contributed by atoms with Gasteiger partial charge >= 0.3 is 6.18 Å². The van der Waals surface area contributed by atoms with E-state index in [0.717, 1.165) is 18.9 Å². The summed E-state index contributed by atoms with van der Waals surface area (Å²) >= 11 is 0. The van der Waals surface area contributed by atoms with Crippen LogP contribution < -0.4 is 5.32 Å². The summed E-state index contributed by atoms with van der Waals surface area (Å²) in [4.78, 5) is 3.74. The minimum Gasteiger partial charge on any atom is -0.367 e. The molecule has 1 atom stereocenters. The number of aromatic nitrogens is 1. The van der Waals surface area contributed by atoms with Crippen LogP contribution in [0, 0.1) is 0 Å². The van der Waals surface area contributed by atoms with Gasteiger partial charge in [-0.25, -0.2) is 4.98 Å². The van der Waals surface area contributed by atoms with Crippen LogP contribution in [0.4, 0.5) is 19.0 Å². The smallest absolute Gasteiger partial charge is 0.367 e. The molecule has 16 heavy (non-hydrogen) atoms. The Labute approximate surface area is 92.9 Å². The van der Waals surface area contributed by atoms with Crippen LogP contribution >= 0.6 is 0 Å². The molecule has 1 heterocycles. The van der Waals surface area contributed by atoms with Gasteiger partial charge in [-0.3, -0.25) is 0 Å². The highest BCUT2D eigenvalue weighted by Crippen LogP contribution is 2.33. The lowest BCUT2D eigenvalue weighted by Gasteiger charge is -2.17. The molecule has 0 aromatic carbocycles. The molecule has 0 radical (unpaired) electrons. The SMILES string of the molecule is CCCC(C)Nc1ncccc1C(F)(F)F. The second kappa shape index (κ2) is 5.18. The molecule has 0 aliphatic carbocycles. The first kappa shape index (κ1) is 12.8. The Hall–Kier alpha value is -1.26. The fraction of sp³-hybridized carbons (Fsp3) is 0.545. The van der Waals surface area contributed by atoms with Gasteiger partial charge in [0.05, 0.1) is 5.56 Å². The highest BCUT2D eigenvalue weighted by molar-refractivity contribution is 5.46. The molecular weight excluding hydrogens is 217 g/mol. The number of nitrogens with one attached hydrogen (secondary N) is 1. The van der Waals surface area contributed by atoms with Gasteiger partial charge in [-0.05, 0) is 25.5 Å². The van der Waals surface area contributed by atoms with E-state index in [9.17, 15) is 13.2 Å². The van der Waals surface area contributed by atoms with E-state index < -0.39 is 11.7 Å². The molecule has 0 fully saturated rings. The lowest BCUT2D eigenvalue weighted by Crippen LogP contribution is -2.19. The molecule has 0 spiro atoms. The van der Waals surface area contributed by atoms with Gasteiger partial charge in [-0.1, -0.05) is 13.3 Å². The van der Waals surface area contributed by atoms with Crippen LogP contribution in [0.15, 0.2) is 18.3 Å². The van der Waals surface area contributed by atoms with Crippen molar-refractivity contribution < 1.29 is 13.2 Å². The average molecular weight is 232 g/mol. The zero-order valence-corrected chi connectivity index (χ0v) is 9.30. The fourth-order valence-corrected chi connectivity index (χ4v) is 1.49. The van der Waals surface area contributed by atoms with Crippen molar-refractivity contribution in [3.8, 4) is 0 Å². The van der Waals surface area contributed by atoms with Crippen LogP contribution in [0.25, 0.3) is 0 Å². The van der Waals surface area contributed by atoms with Gasteiger partial charge in [-0.2, -0.15) is 13.2 Å². The third-order valence-electron chi connectivity index (χ3n) is 2.22. The molecule has 0 amide bonds. The van der Waals surface area contributed by atoms with Gasteiger partial charge in [0.2, 0.25) is 0 Å². The molecule has 90 valence electrons. The monoisotopic (exact) mass is 232 g/mol. The second-order valence-corrected chi connectivity index (χ2v) is 3.73.